The van der Waals surface area contributed by atoms with Crippen LogP contribution in [-0.4, -0.2) is 42.3 Å². The molecule has 1 aromatic carbocycles. The highest BCUT2D eigenvalue weighted by Gasteiger charge is 2.62. The second-order valence-electron chi connectivity index (χ2n) is 8.04. The smallest absolute Gasteiger partial charge is 0.323 e. The van der Waals surface area contributed by atoms with E-state index in [0.29, 0.717) is 39.7 Å². The van der Waals surface area contributed by atoms with Crippen molar-refractivity contribution in [3.8, 4) is 11.4 Å². The molecule has 3 atom stereocenters. The first-order chi connectivity index (χ1) is 14.5. The van der Waals surface area contributed by atoms with Gasteiger partial charge in [-0.3, -0.25) is 0 Å². The van der Waals surface area contributed by atoms with E-state index in [0.717, 1.165) is 19.3 Å². The molecular formula is C20H20ClN7O2. The molecule has 3 heterocycles. The Morgan fingerprint density at radius 1 is 1.33 bits per heavy atom. The topological polar surface area (TPSA) is 110 Å². The van der Waals surface area contributed by atoms with Gasteiger partial charge in [-0.25, -0.2) is 9.78 Å². The monoisotopic (exact) mass is 425 g/mol. The van der Waals surface area contributed by atoms with Crippen LogP contribution in [0, 0.1) is 12.8 Å². The number of amides is 2. The summed E-state index contributed by atoms with van der Waals surface area (Å²) in [5.41, 5.74) is 0.652. The van der Waals surface area contributed by atoms with E-state index in [1.807, 2.05) is 4.90 Å². The highest BCUT2D eigenvalue weighted by Crippen LogP contribution is 2.55. The van der Waals surface area contributed by atoms with Crippen LogP contribution in [0.5, 0.6) is 0 Å². The third-order valence-corrected chi connectivity index (χ3v) is 6.18. The molecule has 1 saturated carbocycles. The second-order valence-corrected chi connectivity index (χ2v) is 8.45. The summed E-state index contributed by atoms with van der Waals surface area (Å²) < 4.78 is 5.49. The van der Waals surface area contributed by atoms with Gasteiger partial charge in [-0.1, -0.05) is 23.7 Å². The standard InChI is InChI=1S/C20H20ClN7O2/c1-11-7-14-10-20(9-11,18-24-12(2)27-30-18)28(14)19(29)25-13-3-4-16(21)15(8-13)17-22-5-6-23-26-17/h3-6,8,11,14H,7,9-10H2,1-2H3,(H,25,29). The number of benzene rings is 1. The van der Waals surface area contributed by atoms with Crippen LogP contribution in [0.2, 0.25) is 5.02 Å². The van der Waals surface area contributed by atoms with Gasteiger partial charge in [0.1, 0.15) is 5.54 Å². The number of halogens is 1. The number of nitrogens with one attached hydrogen (secondary N) is 1. The molecule has 1 aliphatic carbocycles. The summed E-state index contributed by atoms with van der Waals surface area (Å²) in [4.78, 5) is 23.8. The van der Waals surface area contributed by atoms with Gasteiger partial charge >= 0.3 is 6.03 Å². The summed E-state index contributed by atoms with van der Waals surface area (Å²) in [6, 6.07) is 5.16. The fraction of sp³-hybridized carbons (Fsp3) is 0.400. The first-order valence-corrected chi connectivity index (χ1v) is 10.2. The molecule has 9 nitrogen and oxygen atoms in total. The molecule has 0 spiro atoms. The number of hydrogen-bond donors (Lipinski definition) is 1. The van der Waals surface area contributed by atoms with E-state index in [1.165, 1.54) is 6.20 Å². The number of hydrogen-bond acceptors (Lipinski definition) is 7. The van der Waals surface area contributed by atoms with Crippen molar-refractivity contribution in [3.63, 3.8) is 0 Å². The van der Waals surface area contributed by atoms with Gasteiger partial charge in [-0.2, -0.15) is 10.1 Å². The number of nitrogens with zero attached hydrogens (tertiary/aromatic N) is 6. The first kappa shape index (κ1) is 18.9. The summed E-state index contributed by atoms with van der Waals surface area (Å²) in [6.45, 7) is 3.98. The number of likely N-dealkylation sites (tertiary alicyclic amines) is 1. The molecule has 30 heavy (non-hydrogen) atoms. The molecule has 2 bridgehead atoms. The average Bonchev–Trinajstić information content (AvgIpc) is 3.16. The second kappa shape index (κ2) is 7.02. The molecule has 3 aromatic rings. The SMILES string of the molecule is Cc1noc(C23CC(C)CC(C2)N3C(=O)Nc2ccc(Cl)c(-c3nccnn3)c2)n1. The minimum atomic E-state index is -0.546. The summed E-state index contributed by atoms with van der Waals surface area (Å²) >= 11 is 6.31. The molecule has 1 aliphatic heterocycles. The van der Waals surface area contributed by atoms with Crippen LogP contribution in [0.15, 0.2) is 35.1 Å². The first-order valence-electron chi connectivity index (χ1n) is 9.81. The molecular weight excluding hydrogens is 406 g/mol. The summed E-state index contributed by atoms with van der Waals surface area (Å²) in [7, 11) is 0. The maximum absolute atomic E-state index is 13.3. The van der Waals surface area contributed by atoms with Gasteiger partial charge in [-0.15, -0.1) is 5.10 Å². The zero-order chi connectivity index (χ0) is 20.9. The molecule has 2 aliphatic rings. The van der Waals surface area contributed by atoms with Crippen LogP contribution in [0.1, 0.15) is 37.9 Å². The molecule has 3 unspecified atom stereocenters. The van der Waals surface area contributed by atoms with Crippen molar-refractivity contribution in [2.45, 2.75) is 44.7 Å². The zero-order valence-corrected chi connectivity index (χ0v) is 17.3. The summed E-state index contributed by atoms with van der Waals surface area (Å²) in [6.07, 6.45) is 5.63. The Labute approximate surface area is 177 Å². The van der Waals surface area contributed by atoms with Crippen LogP contribution in [0.25, 0.3) is 11.4 Å². The number of urea groups is 1. The molecule has 5 rings (SSSR count). The van der Waals surface area contributed by atoms with E-state index in [4.69, 9.17) is 16.1 Å². The third kappa shape index (κ3) is 3.00. The molecule has 1 saturated heterocycles. The van der Waals surface area contributed by atoms with Gasteiger partial charge in [0, 0.05) is 29.9 Å². The van der Waals surface area contributed by atoms with Crippen molar-refractivity contribution in [1.82, 2.24) is 30.2 Å². The minimum absolute atomic E-state index is 0.148. The van der Waals surface area contributed by atoms with Crippen LogP contribution >= 0.6 is 11.6 Å². The summed E-state index contributed by atoms with van der Waals surface area (Å²) in [5, 5.41) is 15.3. The van der Waals surface area contributed by atoms with Crippen molar-refractivity contribution in [3.05, 3.63) is 47.3 Å². The Morgan fingerprint density at radius 2 is 2.20 bits per heavy atom. The lowest BCUT2D eigenvalue weighted by molar-refractivity contribution is -0.111. The molecule has 2 aromatic heterocycles. The predicted octanol–water partition coefficient (Wildman–Crippen LogP) is 3.82. The highest BCUT2D eigenvalue weighted by atomic mass is 35.5. The summed E-state index contributed by atoms with van der Waals surface area (Å²) in [5.74, 6) is 1.95. The number of aromatic nitrogens is 5. The van der Waals surface area contributed by atoms with E-state index in [9.17, 15) is 4.79 Å². The number of piperidine rings is 1. The van der Waals surface area contributed by atoms with Gasteiger partial charge in [0.25, 0.3) is 5.89 Å². The zero-order valence-electron chi connectivity index (χ0n) is 16.5. The molecule has 154 valence electrons. The minimum Gasteiger partial charge on any atom is -0.337 e. The molecule has 1 N–H and O–H groups in total. The molecule has 2 fully saturated rings. The van der Waals surface area contributed by atoms with Gasteiger partial charge in [-0.05, 0) is 43.9 Å². The van der Waals surface area contributed by atoms with E-state index in [-0.39, 0.29) is 12.1 Å². The third-order valence-electron chi connectivity index (χ3n) is 5.85. The van der Waals surface area contributed by atoms with Crippen molar-refractivity contribution in [2.24, 2.45) is 5.92 Å². The molecule has 10 heteroatoms. The van der Waals surface area contributed by atoms with Crippen LogP contribution in [0.4, 0.5) is 10.5 Å². The Balaban J connectivity index is 1.43. The van der Waals surface area contributed by atoms with E-state index in [2.05, 4.69) is 37.6 Å². The molecule has 2 amide bonds. The van der Waals surface area contributed by atoms with Crippen molar-refractivity contribution in [1.29, 1.82) is 0 Å². The Hall–Kier alpha value is -3.07. The fourth-order valence-corrected chi connectivity index (χ4v) is 4.97. The average molecular weight is 426 g/mol. The Kier molecular flexibility index (Phi) is 4.43. The van der Waals surface area contributed by atoms with Gasteiger partial charge in [0.15, 0.2) is 11.6 Å². The fourth-order valence-electron chi connectivity index (χ4n) is 4.76. The number of anilines is 1. The van der Waals surface area contributed by atoms with Crippen LogP contribution in [0.3, 0.4) is 0 Å². The maximum Gasteiger partial charge on any atom is 0.323 e. The molecule has 0 radical (unpaired) electrons. The van der Waals surface area contributed by atoms with Gasteiger partial charge in [0.2, 0.25) is 0 Å². The highest BCUT2D eigenvalue weighted by molar-refractivity contribution is 6.33. The van der Waals surface area contributed by atoms with E-state index < -0.39 is 5.54 Å². The van der Waals surface area contributed by atoms with Crippen molar-refractivity contribution >= 4 is 23.3 Å². The van der Waals surface area contributed by atoms with Crippen LogP contribution in [-0.2, 0) is 5.54 Å². The Morgan fingerprint density at radius 3 is 2.93 bits per heavy atom. The number of aryl methyl sites for hydroxylation is 1. The predicted molar refractivity (Wildman–Crippen MR) is 109 cm³/mol. The quantitative estimate of drug-likeness (QED) is 0.679. The number of carbonyl (C=O) groups excluding carboxylic acids is 1. The van der Waals surface area contributed by atoms with Crippen molar-refractivity contribution in [2.75, 3.05) is 5.32 Å². The van der Waals surface area contributed by atoms with Gasteiger partial charge < -0.3 is 14.7 Å². The van der Waals surface area contributed by atoms with Crippen LogP contribution < -0.4 is 5.32 Å². The number of rotatable bonds is 3. The largest absolute Gasteiger partial charge is 0.337 e. The van der Waals surface area contributed by atoms with E-state index >= 15 is 0 Å². The van der Waals surface area contributed by atoms with Gasteiger partial charge in [0.05, 0.1) is 11.2 Å². The number of fused-ring (bicyclic) bond motifs is 2. The number of carbonyl (C=O) groups is 1. The lowest BCUT2D eigenvalue weighted by atomic mass is 9.64. The maximum atomic E-state index is 13.3. The van der Waals surface area contributed by atoms with E-state index in [1.54, 1.807) is 31.3 Å². The lowest BCUT2D eigenvalue weighted by Crippen LogP contribution is -2.70. The lowest BCUT2D eigenvalue weighted by Gasteiger charge is -2.61. The Bertz CT molecular complexity index is 1110. The normalized spacial score (nSPS) is 25.0. The van der Waals surface area contributed by atoms with Crippen molar-refractivity contribution < 1.29 is 9.32 Å².